The highest BCUT2D eigenvalue weighted by molar-refractivity contribution is 8.00. The van der Waals surface area contributed by atoms with Crippen molar-refractivity contribution in [3.63, 3.8) is 0 Å². The van der Waals surface area contributed by atoms with Crippen molar-refractivity contribution in [2.45, 2.75) is 30.4 Å². The van der Waals surface area contributed by atoms with Crippen LogP contribution >= 0.6 is 35.0 Å². The molecule has 0 fully saturated rings. The minimum Gasteiger partial charge on any atom is -0.354 e. The molecular weight excluding hydrogens is 451 g/mol. The molecule has 5 nitrogen and oxygen atoms in total. The van der Waals surface area contributed by atoms with Crippen LogP contribution in [0.1, 0.15) is 20.8 Å². The fraction of sp³-hybridized carbons (Fsp3) is 0.350. The van der Waals surface area contributed by atoms with Gasteiger partial charge in [0.25, 0.3) is 10.0 Å². The number of carbonyl (C=O) groups excluding carboxylic acids is 1. The summed E-state index contributed by atoms with van der Waals surface area (Å²) in [5.74, 6) is 0.313. The summed E-state index contributed by atoms with van der Waals surface area (Å²) in [5, 5.41) is 3.30. The zero-order valence-corrected chi connectivity index (χ0v) is 19.6. The number of benzene rings is 2. The van der Waals surface area contributed by atoms with Crippen molar-refractivity contribution in [2.75, 3.05) is 23.1 Å². The van der Waals surface area contributed by atoms with Crippen molar-refractivity contribution in [3.8, 4) is 0 Å². The van der Waals surface area contributed by atoms with Crippen LogP contribution in [0.5, 0.6) is 0 Å². The van der Waals surface area contributed by atoms with E-state index in [1.807, 2.05) is 0 Å². The van der Waals surface area contributed by atoms with Crippen LogP contribution in [0, 0.1) is 0 Å². The quantitative estimate of drug-likeness (QED) is 0.555. The minimum atomic E-state index is -4.00. The molecule has 0 spiro atoms. The second-order valence-electron chi connectivity index (χ2n) is 7.23. The zero-order chi connectivity index (χ0) is 21.7. The van der Waals surface area contributed by atoms with Gasteiger partial charge in [-0.2, -0.15) is 11.8 Å². The predicted molar refractivity (Wildman–Crippen MR) is 123 cm³/mol. The molecule has 29 heavy (non-hydrogen) atoms. The molecule has 0 heterocycles. The molecule has 158 valence electrons. The van der Waals surface area contributed by atoms with Crippen molar-refractivity contribution in [1.29, 1.82) is 0 Å². The topological polar surface area (TPSA) is 66.5 Å². The van der Waals surface area contributed by atoms with Crippen molar-refractivity contribution >= 4 is 56.6 Å². The molecule has 1 N–H and O–H groups in total. The van der Waals surface area contributed by atoms with Gasteiger partial charge in [0, 0.05) is 22.1 Å². The molecule has 2 aromatic carbocycles. The number of halogens is 2. The van der Waals surface area contributed by atoms with Gasteiger partial charge in [-0.1, -0.05) is 62.2 Å². The molecule has 0 saturated heterocycles. The first-order valence-corrected chi connectivity index (χ1v) is 12.1. The molecular formula is C20H24Cl2N2O3S2. The Bertz CT molecular complexity index is 946. The Kier molecular flexibility index (Phi) is 8.28. The van der Waals surface area contributed by atoms with Gasteiger partial charge in [-0.25, -0.2) is 8.42 Å². The molecule has 0 bridgehead atoms. The molecule has 0 saturated carbocycles. The lowest BCUT2D eigenvalue weighted by Gasteiger charge is -2.25. The highest BCUT2D eigenvalue weighted by Crippen LogP contribution is 2.32. The van der Waals surface area contributed by atoms with E-state index in [2.05, 4.69) is 26.1 Å². The molecule has 0 aromatic heterocycles. The number of carbonyl (C=O) groups is 1. The van der Waals surface area contributed by atoms with Crippen molar-refractivity contribution < 1.29 is 13.2 Å². The van der Waals surface area contributed by atoms with Crippen LogP contribution in [-0.2, 0) is 14.8 Å². The Labute approximate surface area is 186 Å². The first-order valence-electron chi connectivity index (χ1n) is 8.94. The number of nitrogens with zero attached hydrogens (tertiary/aromatic N) is 1. The fourth-order valence-electron chi connectivity index (χ4n) is 2.44. The summed E-state index contributed by atoms with van der Waals surface area (Å²) in [4.78, 5) is 12.6. The number of amides is 1. The number of nitrogens with one attached hydrogen (secondary N) is 1. The van der Waals surface area contributed by atoms with Crippen molar-refractivity contribution in [1.82, 2.24) is 5.32 Å². The monoisotopic (exact) mass is 474 g/mol. The molecule has 9 heteroatoms. The van der Waals surface area contributed by atoms with Gasteiger partial charge < -0.3 is 5.32 Å². The van der Waals surface area contributed by atoms with Gasteiger partial charge in [0.15, 0.2) is 0 Å². The highest BCUT2D eigenvalue weighted by atomic mass is 35.5. The summed E-state index contributed by atoms with van der Waals surface area (Å²) in [7, 11) is -4.00. The molecule has 0 radical (unpaired) electrons. The standard InChI is InChI=1S/C20H24Cl2N2O3S2/c1-20(2,3)28-12-11-23-19(25)14-24(18-10-9-15(21)13-17(18)22)29(26,27)16-7-5-4-6-8-16/h4-10,13H,11-12,14H2,1-3H3,(H,23,25). The van der Waals surface area contributed by atoms with Gasteiger partial charge in [0.05, 0.1) is 15.6 Å². The predicted octanol–water partition coefficient (Wildman–Crippen LogP) is 4.84. The Morgan fingerprint density at radius 3 is 2.34 bits per heavy atom. The van der Waals surface area contributed by atoms with Crippen LogP contribution < -0.4 is 9.62 Å². The van der Waals surface area contributed by atoms with Gasteiger partial charge >= 0.3 is 0 Å². The second-order valence-corrected chi connectivity index (χ2v) is 11.9. The van der Waals surface area contributed by atoms with E-state index >= 15 is 0 Å². The van der Waals surface area contributed by atoms with Gasteiger partial charge in [-0.05, 0) is 30.3 Å². The number of thioether (sulfide) groups is 1. The highest BCUT2D eigenvalue weighted by Gasteiger charge is 2.28. The maximum atomic E-state index is 13.2. The third kappa shape index (κ3) is 7.10. The maximum Gasteiger partial charge on any atom is 0.264 e. The lowest BCUT2D eigenvalue weighted by Crippen LogP contribution is -2.41. The van der Waals surface area contributed by atoms with Crippen LogP contribution in [0.4, 0.5) is 5.69 Å². The van der Waals surface area contributed by atoms with E-state index in [-0.39, 0.29) is 20.4 Å². The van der Waals surface area contributed by atoms with Crippen molar-refractivity contribution in [2.24, 2.45) is 0 Å². The van der Waals surface area contributed by atoms with Gasteiger partial charge in [-0.15, -0.1) is 0 Å². The Morgan fingerprint density at radius 1 is 1.10 bits per heavy atom. The van der Waals surface area contributed by atoms with Crippen LogP contribution in [-0.4, -0.2) is 37.9 Å². The van der Waals surface area contributed by atoms with Crippen LogP contribution in [0.15, 0.2) is 53.4 Å². The summed E-state index contributed by atoms with van der Waals surface area (Å²) < 4.78 is 27.5. The summed E-state index contributed by atoms with van der Waals surface area (Å²) >= 11 is 13.9. The van der Waals surface area contributed by atoms with Gasteiger partial charge in [0.1, 0.15) is 6.54 Å². The van der Waals surface area contributed by atoms with E-state index in [1.165, 1.54) is 30.3 Å². The first kappa shape index (κ1) is 23.9. The normalized spacial score (nSPS) is 11.9. The molecule has 0 unspecified atom stereocenters. The first-order chi connectivity index (χ1) is 13.5. The summed E-state index contributed by atoms with van der Waals surface area (Å²) in [6.45, 7) is 6.33. The third-order valence-corrected chi connectivity index (χ3v) is 7.34. The fourth-order valence-corrected chi connectivity index (χ4v) is 5.27. The number of hydrogen-bond acceptors (Lipinski definition) is 4. The summed E-state index contributed by atoms with van der Waals surface area (Å²) in [6, 6.07) is 12.4. The Hall–Kier alpha value is -1.41. The van der Waals surface area contributed by atoms with E-state index in [1.54, 1.807) is 30.0 Å². The number of hydrogen-bond donors (Lipinski definition) is 1. The van der Waals surface area contributed by atoms with E-state index in [0.29, 0.717) is 11.6 Å². The largest absolute Gasteiger partial charge is 0.354 e. The zero-order valence-electron chi connectivity index (χ0n) is 16.5. The van der Waals surface area contributed by atoms with Gasteiger partial charge in [-0.3, -0.25) is 9.10 Å². The summed E-state index contributed by atoms with van der Waals surface area (Å²) in [5.41, 5.74) is 0.194. The van der Waals surface area contributed by atoms with Crippen LogP contribution in [0.2, 0.25) is 10.0 Å². The van der Waals surface area contributed by atoms with E-state index in [9.17, 15) is 13.2 Å². The van der Waals surface area contributed by atoms with Crippen LogP contribution in [0.3, 0.4) is 0 Å². The number of anilines is 1. The van der Waals surface area contributed by atoms with Crippen LogP contribution in [0.25, 0.3) is 0 Å². The smallest absolute Gasteiger partial charge is 0.264 e. The summed E-state index contributed by atoms with van der Waals surface area (Å²) in [6.07, 6.45) is 0. The molecule has 2 rings (SSSR count). The lowest BCUT2D eigenvalue weighted by atomic mass is 10.3. The van der Waals surface area contributed by atoms with E-state index in [4.69, 9.17) is 23.2 Å². The van der Waals surface area contributed by atoms with E-state index < -0.39 is 22.5 Å². The maximum absolute atomic E-state index is 13.2. The SMILES string of the molecule is CC(C)(C)SCCNC(=O)CN(c1ccc(Cl)cc1Cl)S(=O)(=O)c1ccccc1. The number of sulfonamides is 1. The average Bonchev–Trinajstić information content (AvgIpc) is 2.64. The third-order valence-electron chi connectivity index (χ3n) is 3.76. The molecule has 2 aromatic rings. The molecule has 0 aliphatic carbocycles. The molecule has 0 atom stereocenters. The van der Waals surface area contributed by atoms with E-state index in [0.717, 1.165) is 10.1 Å². The molecule has 0 aliphatic rings. The molecule has 1 amide bonds. The Morgan fingerprint density at radius 2 is 1.76 bits per heavy atom. The second kappa shape index (κ2) is 10.1. The number of rotatable bonds is 8. The van der Waals surface area contributed by atoms with Crippen molar-refractivity contribution in [3.05, 3.63) is 58.6 Å². The average molecular weight is 475 g/mol. The minimum absolute atomic E-state index is 0.0714. The lowest BCUT2D eigenvalue weighted by molar-refractivity contribution is -0.119. The Balaban J connectivity index is 2.25. The van der Waals surface area contributed by atoms with Gasteiger partial charge in [0.2, 0.25) is 5.91 Å². The molecule has 0 aliphatic heterocycles.